The van der Waals surface area contributed by atoms with Crippen molar-refractivity contribution in [2.45, 2.75) is 111 Å². The zero-order valence-electron chi connectivity index (χ0n) is 23.7. The lowest BCUT2D eigenvalue weighted by Crippen LogP contribution is -2.57. The normalized spacial score (nSPS) is 39.1. The number of halogens is 2. The van der Waals surface area contributed by atoms with Crippen LogP contribution in [0.1, 0.15) is 92.4 Å². The van der Waals surface area contributed by atoms with E-state index in [-0.39, 0.29) is 47.3 Å². The summed E-state index contributed by atoms with van der Waals surface area (Å²) in [6.45, 7) is 9.50. The summed E-state index contributed by atoms with van der Waals surface area (Å²) in [7, 11) is 1.00. The van der Waals surface area contributed by atoms with Gasteiger partial charge in [0.1, 0.15) is 12.2 Å². The van der Waals surface area contributed by atoms with Gasteiger partial charge in [-0.3, -0.25) is 9.59 Å². The largest absolute Gasteiger partial charge is 0.465 e. The Bertz CT molecular complexity index is 978. The van der Waals surface area contributed by atoms with Crippen LogP contribution >= 0.6 is 0 Å². The molecule has 0 spiro atoms. The highest BCUT2D eigenvalue weighted by Crippen LogP contribution is 2.67. The van der Waals surface area contributed by atoms with Crippen molar-refractivity contribution in [1.29, 1.82) is 0 Å². The Kier molecular flexibility index (Phi) is 8.04. The van der Waals surface area contributed by atoms with Gasteiger partial charge in [0.15, 0.2) is 0 Å². The Balaban J connectivity index is 1.54. The monoisotopic (exact) mass is 538 g/mol. The highest BCUT2D eigenvalue weighted by molar-refractivity contribution is 5.77. The standard InChI is InChI=1S/C30H44F2O6/c1-17(11-14-30(31,32)27(35)36-6)23-9-10-24-22-8-7-20-15-21(37-18(2)33)16-26(38-19(3)34)29(20,5)25(22)12-13-28(23,24)4/h7,17,21-26H,8-16H2,1-6H3/t17-,21-,22+,23-,24+,25+,26+,28-,29+/m1/s1. The molecule has 0 aromatic heterocycles. The molecule has 0 amide bonds. The van der Waals surface area contributed by atoms with E-state index in [1.54, 1.807) is 0 Å². The molecule has 4 rings (SSSR count). The van der Waals surface area contributed by atoms with Crippen LogP contribution in [0.5, 0.6) is 0 Å². The van der Waals surface area contributed by atoms with Crippen molar-refractivity contribution in [3.05, 3.63) is 11.6 Å². The van der Waals surface area contributed by atoms with Crippen molar-refractivity contribution < 1.29 is 37.4 Å². The third-order valence-electron chi connectivity index (χ3n) is 10.9. The maximum absolute atomic E-state index is 14.2. The number of alkyl halides is 2. The fourth-order valence-corrected chi connectivity index (χ4v) is 9.19. The zero-order chi connectivity index (χ0) is 28.0. The Morgan fingerprint density at radius 3 is 2.39 bits per heavy atom. The summed E-state index contributed by atoms with van der Waals surface area (Å²) in [4.78, 5) is 35.3. The average molecular weight is 539 g/mol. The molecular weight excluding hydrogens is 494 g/mol. The molecule has 4 aliphatic carbocycles. The maximum atomic E-state index is 14.2. The summed E-state index contributed by atoms with van der Waals surface area (Å²) < 4.78 is 44.2. The second kappa shape index (κ2) is 10.5. The topological polar surface area (TPSA) is 78.9 Å². The molecule has 8 heteroatoms. The summed E-state index contributed by atoms with van der Waals surface area (Å²) in [5, 5.41) is 0. The van der Waals surface area contributed by atoms with Crippen LogP contribution in [0.15, 0.2) is 11.6 Å². The molecule has 214 valence electrons. The summed E-state index contributed by atoms with van der Waals surface area (Å²) >= 11 is 0. The number of ether oxygens (including phenoxy) is 3. The molecule has 0 N–H and O–H groups in total. The van der Waals surface area contributed by atoms with E-state index in [1.165, 1.54) is 19.4 Å². The molecule has 38 heavy (non-hydrogen) atoms. The number of carbonyl (C=O) groups is 3. The van der Waals surface area contributed by atoms with Crippen LogP contribution in [0.4, 0.5) is 8.78 Å². The van der Waals surface area contributed by atoms with E-state index >= 15 is 0 Å². The number of carbonyl (C=O) groups excluding carboxylic acids is 3. The summed E-state index contributed by atoms with van der Waals surface area (Å²) in [5.74, 6) is -3.90. The molecule has 3 fully saturated rings. The van der Waals surface area contributed by atoms with Gasteiger partial charge in [-0.05, 0) is 73.5 Å². The molecule has 0 aromatic rings. The number of esters is 3. The first-order valence-corrected chi connectivity index (χ1v) is 14.2. The van der Waals surface area contributed by atoms with Gasteiger partial charge in [-0.2, -0.15) is 8.78 Å². The minimum Gasteiger partial charge on any atom is -0.465 e. The SMILES string of the molecule is COC(=O)C(F)(F)CC[C@@H](C)[C@H]1CC[C@H]2[C@@H]3CC=C4C[C@@H](OC(C)=O)C[C@H](OC(C)=O)[C@]4(C)[C@H]3CC[C@]12C. The van der Waals surface area contributed by atoms with Crippen molar-refractivity contribution in [1.82, 2.24) is 0 Å². The number of methoxy groups -OCH3 is 1. The molecule has 0 unspecified atom stereocenters. The Morgan fingerprint density at radius 1 is 1.08 bits per heavy atom. The van der Waals surface area contributed by atoms with E-state index in [0.717, 1.165) is 39.2 Å². The highest BCUT2D eigenvalue weighted by atomic mass is 19.3. The van der Waals surface area contributed by atoms with Crippen LogP contribution < -0.4 is 0 Å². The van der Waals surface area contributed by atoms with Crippen molar-refractivity contribution in [2.24, 2.45) is 40.4 Å². The average Bonchev–Trinajstić information content (AvgIpc) is 3.19. The van der Waals surface area contributed by atoms with Gasteiger partial charge in [0.2, 0.25) is 0 Å². The lowest BCUT2D eigenvalue weighted by atomic mass is 9.46. The van der Waals surface area contributed by atoms with E-state index < -0.39 is 18.3 Å². The van der Waals surface area contributed by atoms with Crippen molar-refractivity contribution in [3.63, 3.8) is 0 Å². The molecule has 0 heterocycles. The van der Waals surface area contributed by atoms with Crippen molar-refractivity contribution in [3.8, 4) is 0 Å². The first-order valence-electron chi connectivity index (χ1n) is 14.2. The number of rotatable bonds is 7. The second-order valence-electron chi connectivity index (χ2n) is 12.8. The van der Waals surface area contributed by atoms with E-state index in [0.29, 0.717) is 36.5 Å². The molecule has 4 aliphatic rings. The van der Waals surface area contributed by atoms with Crippen LogP contribution in [0.2, 0.25) is 0 Å². The van der Waals surface area contributed by atoms with Crippen molar-refractivity contribution >= 4 is 17.9 Å². The van der Waals surface area contributed by atoms with Crippen LogP contribution in [-0.4, -0.2) is 43.1 Å². The summed E-state index contributed by atoms with van der Waals surface area (Å²) in [6, 6.07) is 0. The summed E-state index contributed by atoms with van der Waals surface area (Å²) in [6.07, 6.45) is 7.66. The molecule has 0 saturated heterocycles. The molecule has 9 atom stereocenters. The zero-order valence-corrected chi connectivity index (χ0v) is 23.7. The lowest BCUT2D eigenvalue weighted by Gasteiger charge is -2.60. The highest BCUT2D eigenvalue weighted by Gasteiger charge is 2.62. The first-order chi connectivity index (χ1) is 17.7. The van der Waals surface area contributed by atoms with Crippen LogP contribution in [0, 0.1) is 40.4 Å². The fraction of sp³-hybridized carbons (Fsp3) is 0.833. The van der Waals surface area contributed by atoms with Gasteiger partial charge in [-0.1, -0.05) is 32.4 Å². The molecule has 3 saturated carbocycles. The van der Waals surface area contributed by atoms with E-state index in [2.05, 4.69) is 31.6 Å². The minimum atomic E-state index is -3.45. The maximum Gasteiger partial charge on any atom is 0.376 e. The van der Waals surface area contributed by atoms with Crippen LogP contribution in [0.25, 0.3) is 0 Å². The smallest absolute Gasteiger partial charge is 0.376 e. The molecule has 0 bridgehead atoms. The number of fused-ring (bicyclic) bond motifs is 5. The first kappa shape index (κ1) is 29.0. The second-order valence-corrected chi connectivity index (χ2v) is 12.8. The fourth-order valence-electron chi connectivity index (χ4n) is 9.19. The van der Waals surface area contributed by atoms with E-state index in [4.69, 9.17) is 9.47 Å². The quantitative estimate of drug-likeness (QED) is 0.216. The minimum absolute atomic E-state index is 0.0503. The predicted molar refractivity (Wildman–Crippen MR) is 137 cm³/mol. The Hall–Kier alpha value is -1.99. The molecular formula is C30H44F2O6. The van der Waals surface area contributed by atoms with Gasteiger partial charge < -0.3 is 14.2 Å². The molecule has 0 aromatic carbocycles. The van der Waals surface area contributed by atoms with Gasteiger partial charge in [0, 0.05) is 38.5 Å². The van der Waals surface area contributed by atoms with Gasteiger partial charge in [0.25, 0.3) is 0 Å². The van der Waals surface area contributed by atoms with Gasteiger partial charge in [-0.25, -0.2) is 4.79 Å². The number of allylic oxidation sites excluding steroid dienone is 1. The van der Waals surface area contributed by atoms with E-state index in [1.807, 2.05) is 0 Å². The van der Waals surface area contributed by atoms with Gasteiger partial charge in [-0.15, -0.1) is 0 Å². The van der Waals surface area contributed by atoms with Gasteiger partial charge in [0.05, 0.1) is 7.11 Å². The predicted octanol–water partition coefficient (Wildman–Crippen LogP) is 6.26. The number of hydrogen-bond acceptors (Lipinski definition) is 6. The third-order valence-corrected chi connectivity index (χ3v) is 10.9. The number of hydrogen-bond donors (Lipinski definition) is 0. The molecule has 0 radical (unpaired) electrons. The molecule has 6 nitrogen and oxygen atoms in total. The summed E-state index contributed by atoms with van der Waals surface area (Å²) in [5.41, 5.74) is 0.979. The third kappa shape index (κ3) is 5.01. The Labute approximate surface area is 225 Å². The Morgan fingerprint density at radius 2 is 1.76 bits per heavy atom. The van der Waals surface area contributed by atoms with Crippen LogP contribution in [0.3, 0.4) is 0 Å². The molecule has 0 aliphatic heterocycles. The van der Waals surface area contributed by atoms with Crippen molar-refractivity contribution in [2.75, 3.05) is 7.11 Å². The van der Waals surface area contributed by atoms with Crippen LogP contribution in [-0.2, 0) is 28.6 Å². The van der Waals surface area contributed by atoms with E-state index in [9.17, 15) is 23.2 Å². The van der Waals surface area contributed by atoms with Gasteiger partial charge >= 0.3 is 23.8 Å². The lowest BCUT2D eigenvalue weighted by molar-refractivity contribution is -0.173.